The number of primary amides is 1. The summed E-state index contributed by atoms with van der Waals surface area (Å²) in [6.07, 6.45) is 2.66. The normalized spacial score (nSPS) is 16.1. The van der Waals surface area contributed by atoms with Gasteiger partial charge < -0.3 is 11.1 Å². The molecular formula is C21H24FN3O2S2. The number of thiocarbonyl (C=S) groups is 1. The van der Waals surface area contributed by atoms with Gasteiger partial charge in [0.1, 0.15) is 10.8 Å². The molecule has 0 aliphatic heterocycles. The third-order valence-corrected chi connectivity index (χ3v) is 6.65. The molecule has 1 aliphatic carbocycles. The molecule has 1 atom stereocenters. The summed E-state index contributed by atoms with van der Waals surface area (Å²) in [4.78, 5) is 25.5. The summed E-state index contributed by atoms with van der Waals surface area (Å²) in [6, 6.07) is 5.33. The van der Waals surface area contributed by atoms with E-state index in [1.54, 1.807) is 0 Å². The predicted molar refractivity (Wildman–Crippen MR) is 118 cm³/mol. The summed E-state index contributed by atoms with van der Waals surface area (Å²) in [7, 11) is 0. The van der Waals surface area contributed by atoms with E-state index in [9.17, 15) is 14.0 Å². The van der Waals surface area contributed by atoms with Crippen molar-refractivity contribution in [3.63, 3.8) is 0 Å². The van der Waals surface area contributed by atoms with Crippen molar-refractivity contribution in [1.82, 2.24) is 5.32 Å². The molecule has 2 aromatic rings. The molecule has 29 heavy (non-hydrogen) atoms. The Morgan fingerprint density at radius 1 is 1.31 bits per heavy atom. The Balaban J connectivity index is 1.79. The fourth-order valence-corrected chi connectivity index (χ4v) is 5.21. The fraction of sp³-hybridized carbons (Fsp3) is 0.381. The van der Waals surface area contributed by atoms with Crippen LogP contribution in [0.15, 0.2) is 24.3 Å². The smallest absolute Gasteiger partial charge is 0.257 e. The zero-order chi connectivity index (χ0) is 21.3. The lowest BCUT2D eigenvalue weighted by atomic mass is 9.72. The summed E-state index contributed by atoms with van der Waals surface area (Å²) in [5, 5.41) is 6.04. The van der Waals surface area contributed by atoms with Gasteiger partial charge in [-0.1, -0.05) is 26.8 Å². The predicted octanol–water partition coefficient (Wildman–Crippen LogP) is 4.26. The lowest BCUT2D eigenvalue weighted by molar-refractivity contribution is 0.0975. The van der Waals surface area contributed by atoms with Crippen molar-refractivity contribution in [2.24, 2.45) is 17.1 Å². The summed E-state index contributed by atoms with van der Waals surface area (Å²) in [5.74, 6) is -1.04. The Hall–Kier alpha value is -2.32. The first kappa shape index (κ1) is 21.4. The van der Waals surface area contributed by atoms with Gasteiger partial charge in [-0.3, -0.25) is 14.9 Å². The van der Waals surface area contributed by atoms with Gasteiger partial charge in [-0.15, -0.1) is 11.3 Å². The number of carbonyl (C=O) groups is 2. The monoisotopic (exact) mass is 433 g/mol. The van der Waals surface area contributed by atoms with Crippen LogP contribution < -0.4 is 16.4 Å². The Kier molecular flexibility index (Phi) is 6.05. The Morgan fingerprint density at radius 3 is 2.66 bits per heavy atom. The highest BCUT2D eigenvalue weighted by atomic mass is 32.1. The molecule has 0 radical (unpaired) electrons. The number of thiophene rings is 1. The first-order valence-electron chi connectivity index (χ1n) is 9.38. The zero-order valence-electron chi connectivity index (χ0n) is 16.6. The van der Waals surface area contributed by atoms with Gasteiger partial charge in [0.15, 0.2) is 5.11 Å². The number of nitrogens with two attached hydrogens (primary N) is 1. The molecule has 0 unspecified atom stereocenters. The molecule has 8 heteroatoms. The number of carbonyl (C=O) groups excluding carboxylic acids is 2. The highest BCUT2D eigenvalue weighted by Crippen LogP contribution is 2.44. The van der Waals surface area contributed by atoms with Crippen LogP contribution in [-0.2, 0) is 12.8 Å². The Labute approximate surface area is 178 Å². The summed E-state index contributed by atoms with van der Waals surface area (Å²) >= 11 is 6.69. The summed E-state index contributed by atoms with van der Waals surface area (Å²) in [6.45, 7) is 6.67. The van der Waals surface area contributed by atoms with E-state index in [-0.39, 0.29) is 16.1 Å². The molecule has 0 bridgehead atoms. The number of hydrogen-bond donors (Lipinski definition) is 3. The number of rotatable bonds is 3. The number of halogens is 1. The van der Waals surface area contributed by atoms with Gasteiger partial charge in [0.2, 0.25) is 0 Å². The first-order valence-corrected chi connectivity index (χ1v) is 10.6. The van der Waals surface area contributed by atoms with Gasteiger partial charge in [-0.2, -0.15) is 0 Å². The SMILES string of the molecule is CC(C)(C)[C@@H]1CCc2c(sc(NC(=S)NC(=O)c3cccc(F)c3)c2C(N)=O)C1. The average molecular weight is 434 g/mol. The molecule has 3 rings (SSSR count). The molecule has 1 aliphatic rings. The fourth-order valence-electron chi connectivity index (χ4n) is 3.61. The van der Waals surface area contributed by atoms with Gasteiger partial charge in [0.05, 0.1) is 5.56 Å². The molecule has 0 spiro atoms. The maximum absolute atomic E-state index is 13.3. The quantitative estimate of drug-likeness (QED) is 0.632. The molecule has 1 heterocycles. The van der Waals surface area contributed by atoms with Gasteiger partial charge >= 0.3 is 0 Å². The molecule has 0 saturated heterocycles. The van der Waals surface area contributed by atoms with Crippen molar-refractivity contribution in [3.05, 3.63) is 51.7 Å². The van der Waals surface area contributed by atoms with Crippen LogP contribution in [0.1, 0.15) is 58.3 Å². The van der Waals surface area contributed by atoms with E-state index in [1.807, 2.05) is 0 Å². The molecule has 154 valence electrons. The van der Waals surface area contributed by atoms with Crippen molar-refractivity contribution in [2.75, 3.05) is 5.32 Å². The second-order valence-corrected chi connectivity index (χ2v) is 9.81. The van der Waals surface area contributed by atoms with Gasteiger partial charge in [0.25, 0.3) is 11.8 Å². The maximum Gasteiger partial charge on any atom is 0.257 e. The van der Waals surface area contributed by atoms with Crippen molar-refractivity contribution in [1.29, 1.82) is 0 Å². The minimum absolute atomic E-state index is 0.0349. The van der Waals surface area contributed by atoms with E-state index >= 15 is 0 Å². The molecule has 1 aromatic heterocycles. The van der Waals surface area contributed by atoms with Gasteiger partial charge in [0, 0.05) is 10.4 Å². The van der Waals surface area contributed by atoms with Crippen LogP contribution in [0.2, 0.25) is 0 Å². The van der Waals surface area contributed by atoms with Crippen LogP contribution >= 0.6 is 23.6 Å². The third-order valence-electron chi connectivity index (χ3n) is 5.28. The van der Waals surface area contributed by atoms with E-state index in [0.717, 1.165) is 35.8 Å². The molecule has 0 fully saturated rings. The highest BCUT2D eigenvalue weighted by Gasteiger charge is 2.33. The van der Waals surface area contributed by atoms with Crippen molar-refractivity contribution in [2.45, 2.75) is 40.0 Å². The molecular weight excluding hydrogens is 409 g/mol. The van der Waals surface area contributed by atoms with E-state index in [4.69, 9.17) is 18.0 Å². The van der Waals surface area contributed by atoms with Crippen LogP contribution in [0, 0.1) is 17.2 Å². The van der Waals surface area contributed by atoms with Crippen molar-refractivity contribution >= 4 is 45.5 Å². The maximum atomic E-state index is 13.3. The van der Waals surface area contributed by atoms with E-state index in [1.165, 1.54) is 29.5 Å². The van der Waals surface area contributed by atoms with E-state index in [0.29, 0.717) is 16.5 Å². The summed E-state index contributed by atoms with van der Waals surface area (Å²) in [5.41, 5.74) is 7.40. The number of amides is 2. The second-order valence-electron chi connectivity index (χ2n) is 8.30. The van der Waals surface area contributed by atoms with Crippen LogP contribution in [-0.4, -0.2) is 16.9 Å². The number of nitrogens with one attached hydrogen (secondary N) is 2. The van der Waals surface area contributed by atoms with Crippen LogP contribution in [0.5, 0.6) is 0 Å². The largest absolute Gasteiger partial charge is 0.365 e. The molecule has 0 saturated carbocycles. The lowest BCUT2D eigenvalue weighted by Crippen LogP contribution is -2.34. The molecule has 1 aromatic carbocycles. The Bertz CT molecular complexity index is 979. The van der Waals surface area contributed by atoms with Crippen molar-refractivity contribution in [3.8, 4) is 0 Å². The Morgan fingerprint density at radius 2 is 2.03 bits per heavy atom. The topological polar surface area (TPSA) is 84.2 Å². The number of anilines is 1. The number of hydrogen-bond acceptors (Lipinski definition) is 4. The van der Waals surface area contributed by atoms with E-state index < -0.39 is 17.6 Å². The van der Waals surface area contributed by atoms with Gasteiger partial charge in [-0.25, -0.2) is 4.39 Å². The lowest BCUT2D eigenvalue weighted by Gasteiger charge is -2.33. The number of benzene rings is 1. The van der Waals surface area contributed by atoms with Crippen LogP contribution in [0.3, 0.4) is 0 Å². The molecule has 2 amide bonds. The number of fused-ring (bicyclic) bond motifs is 1. The summed E-state index contributed by atoms with van der Waals surface area (Å²) < 4.78 is 13.3. The molecule has 5 nitrogen and oxygen atoms in total. The van der Waals surface area contributed by atoms with Crippen LogP contribution in [0.25, 0.3) is 0 Å². The second kappa shape index (κ2) is 8.20. The van der Waals surface area contributed by atoms with Gasteiger partial charge in [-0.05, 0) is 66.6 Å². The highest BCUT2D eigenvalue weighted by molar-refractivity contribution is 7.80. The minimum atomic E-state index is -0.531. The van der Waals surface area contributed by atoms with Crippen molar-refractivity contribution < 1.29 is 14.0 Å². The average Bonchev–Trinajstić information content (AvgIpc) is 2.97. The minimum Gasteiger partial charge on any atom is -0.365 e. The van der Waals surface area contributed by atoms with E-state index in [2.05, 4.69) is 31.4 Å². The zero-order valence-corrected chi connectivity index (χ0v) is 18.2. The standard InChI is InChI=1S/C21H24FN3O2S2/c1-21(2,3)12-7-8-14-15(10-12)29-19(16(14)17(23)26)25-20(28)24-18(27)11-5-4-6-13(22)9-11/h4-6,9,12H,7-8,10H2,1-3H3,(H2,23,26)(H2,24,25,27,28)/t12-/m1/s1. The molecule has 4 N–H and O–H groups in total. The van der Waals surface area contributed by atoms with Crippen LogP contribution in [0.4, 0.5) is 9.39 Å². The first-order chi connectivity index (χ1) is 13.6. The third kappa shape index (κ3) is 4.82.